The van der Waals surface area contributed by atoms with Crippen molar-refractivity contribution >= 4 is 18.0 Å². The van der Waals surface area contributed by atoms with Gasteiger partial charge in [0.2, 0.25) is 0 Å². The van der Waals surface area contributed by atoms with Crippen LogP contribution in [0.3, 0.4) is 0 Å². The normalized spacial score (nSPS) is 13.0. The molecule has 7 nitrogen and oxygen atoms in total. The van der Waals surface area contributed by atoms with Gasteiger partial charge in [0.15, 0.2) is 0 Å². The zero-order valence-electron chi connectivity index (χ0n) is 25.5. The summed E-state index contributed by atoms with van der Waals surface area (Å²) in [5.41, 5.74) is 18.2. The summed E-state index contributed by atoms with van der Waals surface area (Å²) < 4.78 is 1.88. The first-order valence-corrected chi connectivity index (χ1v) is 14.5. The quantitative estimate of drug-likeness (QED) is 0.130. The molecule has 218 valence electrons. The predicted molar refractivity (Wildman–Crippen MR) is 176 cm³/mol. The van der Waals surface area contributed by atoms with Gasteiger partial charge in [-0.2, -0.15) is 5.10 Å². The molecule has 0 aliphatic carbocycles. The van der Waals surface area contributed by atoms with Crippen molar-refractivity contribution < 1.29 is 0 Å². The van der Waals surface area contributed by atoms with E-state index in [-0.39, 0.29) is 5.92 Å². The molecular weight excluding hydrogens is 518 g/mol. The lowest BCUT2D eigenvalue weighted by Crippen LogP contribution is -2.19. The Balaban J connectivity index is 1.79. The van der Waals surface area contributed by atoms with Crippen molar-refractivity contribution in [3.8, 4) is 5.69 Å². The number of aromatic nitrogens is 3. The van der Waals surface area contributed by atoms with E-state index in [1.807, 2.05) is 38.0 Å². The molecule has 4 rings (SSSR count). The number of nitrogens with two attached hydrogens (primary N) is 1. The van der Waals surface area contributed by atoms with E-state index in [9.17, 15) is 0 Å². The molecule has 1 unspecified atom stereocenters. The van der Waals surface area contributed by atoms with Crippen LogP contribution in [0.25, 0.3) is 11.3 Å². The maximum atomic E-state index is 6.14. The number of hydrogen-bond donors (Lipinski definition) is 3. The summed E-state index contributed by atoms with van der Waals surface area (Å²) in [6.07, 6.45) is 8.28. The third kappa shape index (κ3) is 7.04. The number of pyridine rings is 1. The SMILES string of the molecule is C=Nc1ccc(C(/C(=C/N)NC)c2ccc(C)nc2C)cc1/C(C)=C(\CCCNC)Cc1ccc(-n2cccn2)cc1. The molecule has 2 heterocycles. The molecule has 0 spiro atoms. The van der Waals surface area contributed by atoms with Crippen molar-refractivity contribution in [1.29, 1.82) is 0 Å². The molecule has 0 aliphatic rings. The summed E-state index contributed by atoms with van der Waals surface area (Å²) in [6.45, 7) is 11.1. The van der Waals surface area contributed by atoms with E-state index in [0.717, 1.165) is 71.0 Å². The van der Waals surface area contributed by atoms with E-state index >= 15 is 0 Å². The van der Waals surface area contributed by atoms with Crippen molar-refractivity contribution in [3.63, 3.8) is 0 Å². The molecular formula is C35H43N7. The van der Waals surface area contributed by atoms with Gasteiger partial charge in [-0.25, -0.2) is 4.68 Å². The number of aliphatic imine (C=N–C) groups is 1. The van der Waals surface area contributed by atoms with Crippen molar-refractivity contribution in [2.24, 2.45) is 10.7 Å². The Morgan fingerprint density at radius 3 is 2.50 bits per heavy atom. The second-order valence-electron chi connectivity index (χ2n) is 10.6. The zero-order chi connectivity index (χ0) is 30.1. The average Bonchev–Trinajstić information content (AvgIpc) is 3.55. The molecule has 2 aromatic carbocycles. The van der Waals surface area contributed by atoms with Crippen LogP contribution in [-0.2, 0) is 6.42 Å². The number of hydrogen-bond acceptors (Lipinski definition) is 6. The van der Waals surface area contributed by atoms with Crippen LogP contribution in [0.4, 0.5) is 5.69 Å². The van der Waals surface area contributed by atoms with Crippen LogP contribution in [0.1, 0.15) is 59.3 Å². The molecule has 0 aliphatic heterocycles. The van der Waals surface area contributed by atoms with E-state index in [4.69, 9.17) is 10.7 Å². The van der Waals surface area contributed by atoms with E-state index in [2.05, 4.69) is 95.9 Å². The van der Waals surface area contributed by atoms with Gasteiger partial charge in [-0.3, -0.25) is 9.98 Å². The van der Waals surface area contributed by atoms with Crippen LogP contribution in [0.15, 0.2) is 95.5 Å². The molecule has 0 amide bonds. The molecule has 2 aromatic heterocycles. The highest BCUT2D eigenvalue weighted by atomic mass is 15.3. The second-order valence-corrected chi connectivity index (χ2v) is 10.6. The highest BCUT2D eigenvalue weighted by molar-refractivity contribution is 5.78. The number of nitrogens with zero attached hydrogens (tertiary/aromatic N) is 4. The third-order valence-electron chi connectivity index (χ3n) is 7.84. The molecule has 1 atom stereocenters. The van der Waals surface area contributed by atoms with Gasteiger partial charge >= 0.3 is 0 Å². The van der Waals surface area contributed by atoms with Gasteiger partial charge in [-0.05, 0) is 119 Å². The summed E-state index contributed by atoms with van der Waals surface area (Å²) in [6, 6.07) is 21.2. The van der Waals surface area contributed by atoms with Gasteiger partial charge < -0.3 is 16.4 Å². The Labute approximate surface area is 250 Å². The lowest BCUT2D eigenvalue weighted by Gasteiger charge is -2.24. The lowest BCUT2D eigenvalue weighted by molar-refractivity contribution is 0.713. The maximum Gasteiger partial charge on any atom is 0.0697 e. The largest absolute Gasteiger partial charge is 0.403 e. The Kier molecular flexibility index (Phi) is 10.5. The second kappa shape index (κ2) is 14.4. The molecule has 4 aromatic rings. The Hall–Kier alpha value is -4.49. The highest BCUT2D eigenvalue weighted by Crippen LogP contribution is 2.38. The third-order valence-corrected chi connectivity index (χ3v) is 7.84. The summed E-state index contributed by atoms with van der Waals surface area (Å²) in [5.74, 6) is -0.0962. The van der Waals surface area contributed by atoms with Crippen LogP contribution in [0.5, 0.6) is 0 Å². The van der Waals surface area contributed by atoms with Gasteiger partial charge in [0.1, 0.15) is 0 Å². The number of nitrogens with one attached hydrogen (secondary N) is 2. The first-order chi connectivity index (χ1) is 20.4. The minimum Gasteiger partial charge on any atom is -0.403 e. The fourth-order valence-electron chi connectivity index (χ4n) is 5.54. The summed E-state index contributed by atoms with van der Waals surface area (Å²) in [5, 5.41) is 11.0. The summed E-state index contributed by atoms with van der Waals surface area (Å²) >= 11 is 0. The number of rotatable bonds is 13. The fraction of sp³-hybridized carbons (Fsp3) is 0.286. The van der Waals surface area contributed by atoms with Gasteiger partial charge in [0.25, 0.3) is 0 Å². The first kappa shape index (κ1) is 30.5. The van der Waals surface area contributed by atoms with Crippen molar-refractivity contribution in [1.82, 2.24) is 25.4 Å². The predicted octanol–water partition coefficient (Wildman–Crippen LogP) is 6.38. The number of aryl methyl sites for hydroxylation is 2. The first-order valence-electron chi connectivity index (χ1n) is 14.5. The Morgan fingerprint density at radius 2 is 1.88 bits per heavy atom. The smallest absolute Gasteiger partial charge is 0.0697 e. The molecule has 0 radical (unpaired) electrons. The van der Waals surface area contributed by atoms with Crippen LogP contribution in [-0.4, -0.2) is 42.1 Å². The average molecular weight is 562 g/mol. The van der Waals surface area contributed by atoms with Gasteiger partial charge in [0, 0.05) is 48.3 Å². The Bertz CT molecular complexity index is 1550. The highest BCUT2D eigenvalue weighted by Gasteiger charge is 2.23. The van der Waals surface area contributed by atoms with E-state index in [1.165, 1.54) is 16.7 Å². The summed E-state index contributed by atoms with van der Waals surface area (Å²) in [4.78, 5) is 9.19. The van der Waals surface area contributed by atoms with Gasteiger partial charge in [0.05, 0.1) is 17.3 Å². The number of likely N-dealkylation sites (N-methyl/N-ethyl adjacent to an activating group) is 1. The minimum absolute atomic E-state index is 0.0962. The lowest BCUT2D eigenvalue weighted by atomic mass is 9.84. The van der Waals surface area contributed by atoms with Crippen molar-refractivity contribution in [3.05, 3.63) is 124 Å². The van der Waals surface area contributed by atoms with Crippen molar-refractivity contribution in [2.45, 2.75) is 46.0 Å². The molecule has 7 heteroatoms. The fourth-order valence-corrected chi connectivity index (χ4v) is 5.54. The molecule has 4 N–H and O–H groups in total. The molecule has 0 bridgehead atoms. The topological polar surface area (TPSA) is 93.1 Å². The molecule has 0 saturated carbocycles. The van der Waals surface area contributed by atoms with Gasteiger partial charge in [-0.1, -0.05) is 29.8 Å². The van der Waals surface area contributed by atoms with Gasteiger partial charge in [-0.15, -0.1) is 0 Å². The maximum absolute atomic E-state index is 6.14. The van der Waals surface area contributed by atoms with Crippen LogP contribution in [0.2, 0.25) is 0 Å². The van der Waals surface area contributed by atoms with Crippen LogP contribution in [0, 0.1) is 13.8 Å². The summed E-state index contributed by atoms with van der Waals surface area (Å²) in [7, 11) is 3.91. The number of allylic oxidation sites excluding steroid dienone is 3. The molecule has 0 fully saturated rings. The van der Waals surface area contributed by atoms with Crippen molar-refractivity contribution in [2.75, 3.05) is 20.6 Å². The van der Waals surface area contributed by atoms with Crippen LogP contribution >= 0.6 is 0 Å². The number of benzene rings is 2. The van der Waals surface area contributed by atoms with E-state index in [0.29, 0.717) is 0 Å². The van der Waals surface area contributed by atoms with Crippen LogP contribution < -0.4 is 16.4 Å². The molecule has 42 heavy (non-hydrogen) atoms. The van der Waals surface area contributed by atoms with E-state index < -0.39 is 0 Å². The van der Waals surface area contributed by atoms with E-state index in [1.54, 1.807) is 12.4 Å². The Morgan fingerprint density at radius 1 is 1.10 bits per heavy atom. The zero-order valence-corrected chi connectivity index (χ0v) is 25.5. The monoisotopic (exact) mass is 561 g/mol. The molecule has 0 saturated heterocycles. The minimum atomic E-state index is -0.0962. The standard InChI is InChI=1S/C35H43N7/c1-24-10-16-31(26(3)41-24)35(34(23-36)39-6)29-13-17-33(38-5)32(22-29)25(2)28(9-7-18-37-4)21-27-11-14-30(15-12-27)42-20-8-19-40-42/h8,10-17,19-20,22-23,35,37,39H,5,7,9,18,21,36H2,1-4,6H3/b28-25+,34-23-.